The van der Waals surface area contributed by atoms with Crippen LogP contribution >= 0.6 is 23.4 Å². The summed E-state index contributed by atoms with van der Waals surface area (Å²) >= 11 is 7.76. The number of carbonyl (C=O) groups is 1. The molecule has 0 radical (unpaired) electrons. The lowest BCUT2D eigenvalue weighted by Gasteiger charge is -2.26. The molecule has 2 aromatic rings. The fourth-order valence-corrected chi connectivity index (χ4v) is 4.77. The van der Waals surface area contributed by atoms with Gasteiger partial charge < -0.3 is 14.9 Å². The molecule has 1 aliphatic rings. The molecule has 1 amide bonds. The minimum atomic E-state index is -3.71. The van der Waals surface area contributed by atoms with E-state index in [0.29, 0.717) is 13.2 Å². The van der Waals surface area contributed by atoms with Crippen LogP contribution in [0.2, 0.25) is 5.02 Å². The Bertz CT molecular complexity index is 1040. The summed E-state index contributed by atoms with van der Waals surface area (Å²) in [5, 5.41) is 6.55. The van der Waals surface area contributed by atoms with Gasteiger partial charge in [-0.15, -0.1) is 11.8 Å². The number of morpholine rings is 1. The first-order valence-corrected chi connectivity index (χ1v) is 12.4. The number of carbonyl (C=O) groups excluding carboxylic acids is 1. The molecule has 0 aromatic heterocycles. The van der Waals surface area contributed by atoms with Crippen LogP contribution in [-0.2, 0) is 24.4 Å². The number of hydrogen-bond acceptors (Lipinski definition) is 7. The van der Waals surface area contributed by atoms with Crippen molar-refractivity contribution in [3.63, 3.8) is 0 Å². The zero-order chi connectivity index (χ0) is 22.3. The average Bonchev–Trinajstić information content (AvgIpc) is 2.79. The maximum absolute atomic E-state index is 12.8. The zero-order valence-corrected chi connectivity index (χ0v) is 19.2. The fourth-order valence-electron chi connectivity index (χ4n) is 2.77. The van der Waals surface area contributed by atoms with Gasteiger partial charge >= 0.3 is 0 Å². The molecule has 8 nitrogen and oxygen atoms in total. The number of sulfonamides is 1. The predicted molar refractivity (Wildman–Crippen MR) is 121 cm³/mol. The van der Waals surface area contributed by atoms with E-state index in [9.17, 15) is 13.2 Å². The van der Waals surface area contributed by atoms with Gasteiger partial charge in [0, 0.05) is 18.0 Å². The second-order valence-electron chi connectivity index (χ2n) is 6.49. The first kappa shape index (κ1) is 23.6. The van der Waals surface area contributed by atoms with E-state index >= 15 is 0 Å². The molecule has 1 N–H and O–H groups in total. The van der Waals surface area contributed by atoms with Crippen LogP contribution in [0.4, 0.5) is 5.69 Å². The molecule has 0 saturated carbocycles. The van der Waals surface area contributed by atoms with Gasteiger partial charge in [-0.1, -0.05) is 28.9 Å². The highest BCUT2D eigenvalue weighted by atomic mass is 35.5. The van der Waals surface area contributed by atoms with Gasteiger partial charge in [-0.2, -0.15) is 4.31 Å². The fraction of sp³-hybridized carbons (Fsp3) is 0.300. The lowest BCUT2D eigenvalue weighted by Crippen LogP contribution is -2.40. The molecule has 1 fully saturated rings. The van der Waals surface area contributed by atoms with Crippen molar-refractivity contribution in [1.29, 1.82) is 0 Å². The summed E-state index contributed by atoms with van der Waals surface area (Å²) in [6.45, 7) is 0.888. The zero-order valence-electron chi connectivity index (χ0n) is 16.8. The quantitative estimate of drug-likeness (QED) is 0.352. The van der Waals surface area contributed by atoms with Crippen LogP contribution in [-0.4, -0.2) is 64.0 Å². The Balaban J connectivity index is 1.59. The van der Waals surface area contributed by atoms with E-state index in [1.54, 1.807) is 11.8 Å². The lowest BCUT2D eigenvalue weighted by atomic mass is 10.2. The van der Waals surface area contributed by atoms with Crippen molar-refractivity contribution in [2.24, 2.45) is 5.16 Å². The van der Waals surface area contributed by atoms with E-state index in [4.69, 9.17) is 21.2 Å². The van der Waals surface area contributed by atoms with Gasteiger partial charge in [-0.3, -0.25) is 4.79 Å². The van der Waals surface area contributed by atoms with Crippen LogP contribution in [0, 0.1) is 0 Å². The van der Waals surface area contributed by atoms with Crippen molar-refractivity contribution < 1.29 is 22.8 Å². The molecule has 0 bridgehead atoms. The molecule has 11 heteroatoms. The van der Waals surface area contributed by atoms with Crippen molar-refractivity contribution in [2.45, 2.75) is 9.79 Å². The third-order valence-corrected chi connectivity index (χ3v) is 7.38. The van der Waals surface area contributed by atoms with Crippen molar-refractivity contribution >= 4 is 51.2 Å². The van der Waals surface area contributed by atoms with Crippen LogP contribution in [0.5, 0.6) is 0 Å². The standard InChI is InChI=1S/C20H22ClN3O5S2/c1-30-16-4-2-15(3-5-16)13-22-29-14-20(25)23-19-12-17(6-7-18(19)21)31(26,27)24-8-10-28-11-9-24/h2-7,12-13H,8-11,14H2,1H3,(H,23,25). The molecule has 2 aromatic carbocycles. The normalized spacial score (nSPS) is 15.2. The molecule has 166 valence electrons. The number of hydrogen-bond donors (Lipinski definition) is 1. The van der Waals surface area contributed by atoms with Gasteiger partial charge in [-0.05, 0) is 42.2 Å². The van der Waals surface area contributed by atoms with E-state index < -0.39 is 15.9 Å². The molecule has 0 spiro atoms. The topological polar surface area (TPSA) is 97.3 Å². The SMILES string of the molecule is CSc1ccc(C=NOCC(=O)Nc2cc(S(=O)(=O)N3CCOCC3)ccc2Cl)cc1. The maximum atomic E-state index is 12.8. The van der Waals surface area contributed by atoms with Crippen LogP contribution in [0.1, 0.15) is 5.56 Å². The van der Waals surface area contributed by atoms with Gasteiger partial charge in [0.25, 0.3) is 5.91 Å². The number of amides is 1. The van der Waals surface area contributed by atoms with Gasteiger partial charge in [0.1, 0.15) is 0 Å². The maximum Gasteiger partial charge on any atom is 0.265 e. The number of halogens is 1. The Morgan fingerprint density at radius 3 is 2.65 bits per heavy atom. The third kappa shape index (κ3) is 6.44. The minimum absolute atomic E-state index is 0.0433. The first-order chi connectivity index (χ1) is 14.9. The van der Waals surface area contributed by atoms with E-state index in [1.165, 1.54) is 28.7 Å². The summed E-state index contributed by atoms with van der Waals surface area (Å²) in [5.74, 6) is -0.516. The van der Waals surface area contributed by atoms with Crippen molar-refractivity contribution in [3.05, 3.63) is 53.1 Å². The Morgan fingerprint density at radius 1 is 1.26 bits per heavy atom. The Hall–Kier alpha value is -2.11. The number of ether oxygens (including phenoxy) is 1. The molecule has 31 heavy (non-hydrogen) atoms. The number of rotatable bonds is 8. The summed E-state index contributed by atoms with van der Waals surface area (Å²) in [5.41, 5.74) is 1.02. The molecule has 3 rings (SSSR count). The molecule has 0 unspecified atom stereocenters. The number of anilines is 1. The number of nitrogens with one attached hydrogen (secondary N) is 1. The molecule has 1 heterocycles. The largest absolute Gasteiger partial charge is 0.386 e. The van der Waals surface area contributed by atoms with Crippen molar-refractivity contribution in [1.82, 2.24) is 4.31 Å². The highest BCUT2D eigenvalue weighted by Crippen LogP contribution is 2.27. The monoisotopic (exact) mass is 483 g/mol. The third-order valence-electron chi connectivity index (χ3n) is 4.41. The Morgan fingerprint density at radius 2 is 1.97 bits per heavy atom. The summed E-state index contributed by atoms with van der Waals surface area (Å²) < 4.78 is 32.1. The summed E-state index contributed by atoms with van der Waals surface area (Å²) in [6.07, 6.45) is 3.49. The van der Waals surface area contributed by atoms with Gasteiger partial charge in [0.05, 0.1) is 35.0 Å². The van der Waals surface area contributed by atoms with Crippen molar-refractivity contribution in [2.75, 3.05) is 44.5 Å². The highest BCUT2D eigenvalue weighted by molar-refractivity contribution is 7.98. The van der Waals surface area contributed by atoms with Crippen LogP contribution in [0.3, 0.4) is 0 Å². The van der Waals surface area contributed by atoms with E-state index in [1.807, 2.05) is 30.5 Å². The Labute approximate surface area is 190 Å². The summed E-state index contributed by atoms with van der Waals surface area (Å²) in [7, 11) is -3.71. The first-order valence-electron chi connectivity index (χ1n) is 9.37. The smallest absolute Gasteiger partial charge is 0.265 e. The molecule has 0 aliphatic carbocycles. The number of nitrogens with zero attached hydrogens (tertiary/aromatic N) is 2. The molecule has 1 aliphatic heterocycles. The predicted octanol–water partition coefficient (Wildman–Crippen LogP) is 3.07. The Kier molecular flexibility index (Phi) is 8.33. The second-order valence-corrected chi connectivity index (χ2v) is 9.71. The van der Waals surface area contributed by atoms with Crippen LogP contribution < -0.4 is 5.32 Å². The van der Waals surface area contributed by atoms with Crippen molar-refractivity contribution in [3.8, 4) is 0 Å². The second kappa shape index (κ2) is 11.0. The minimum Gasteiger partial charge on any atom is -0.386 e. The van der Waals surface area contributed by atoms with E-state index in [-0.39, 0.29) is 35.3 Å². The molecular weight excluding hydrogens is 462 g/mol. The molecule has 0 atom stereocenters. The summed E-state index contributed by atoms with van der Waals surface area (Å²) in [6, 6.07) is 11.9. The molecular formula is C20H22ClN3O5S2. The number of thioether (sulfide) groups is 1. The van der Waals surface area contributed by atoms with Gasteiger partial charge in [0.2, 0.25) is 10.0 Å². The highest BCUT2D eigenvalue weighted by Gasteiger charge is 2.27. The lowest BCUT2D eigenvalue weighted by molar-refractivity contribution is -0.120. The van der Waals surface area contributed by atoms with Gasteiger partial charge in [0.15, 0.2) is 6.61 Å². The summed E-state index contributed by atoms with van der Waals surface area (Å²) in [4.78, 5) is 18.4. The number of oxime groups is 1. The van der Waals surface area contributed by atoms with E-state index in [0.717, 1.165) is 10.5 Å². The van der Waals surface area contributed by atoms with E-state index in [2.05, 4.69) is 10.5 Å². The number of benzene rings is 2. The van der Waals surface area contributed by atoms with Crippen LogP contribution in [0.25, 0.3) is 0 Å². The van der Waals surface area contributed by atoms with Crippen LogP contribution in [0.15, 0.2) is 57.4 Å². The average molecular weight is 484 g/mol. The van der Waals surface area contributed by atoms with Gasteiger partial charge in [-0.25, -0.2) is 8.42 Å². The molecule has 1 saturated heterocycles.